The standard InChI is InChI=1S/C60H42N4O/c1-3-17-46(38-61-2)42-22-14-24-44(32-42)48-34-53(45-25-15-23-43(33-45)47-26-16-31-62-39-47)59-58(35-48)65-60(63-59)54-37-57(64-55-29-12-10-27-49(55)50-28-11-13-30-56(50)64)52(41-20-8-5-9-21-41)36-51(54)40-18-6-4-7-19-40/h3-39H,1H2,2H3/b46-17+,61-38?. The van der Waals surface area contributed by atoms with Gasteiger partial charge in [-0.2, -0.15) is 0 Å². The molecule has 0 saturated heterocycles. The van der Waals surface area contributed by atoms with Crippen molar-refractivity contribution in [3.63, 3.8) is 0 Å². The van der Waals surface area contributed by atoms with E-state index in [0.717, 1.165) is 94.6 Å². The number of hydrogen-bond donors (Lipinski definition) is 0. The number of aliphatic imine (C=N–C) groups is 1. The number of oxazole rings is 1. The van der Waals surface area contributed by atoms with Gasteiger partial charge in [0.1, 0.15) is 5.52 Å². The predicted octanol–water partition coefficient (Wildman–Crippen LogP) is 15.6. The summed E-state index contributed by atoms with van der Waals surface area (Å²) in [6, 6.07) is 68.6. The first kappa shape index (κ1) is 39.2. The third-order valence-corrected chi connectivity index (χ3v) is 12.1. The average Bonchev–Trinajstić information content (AvgIpc) is 3.96. The van der Waals surface area contributed by atoms with Gasteiger partial charge in [-0.1, -0.05) is 158 Å². The largest absolute Gasteiger partial charge is 0.436 e. The molecular formula is C60H42N4O. The normalized spacial score (nSPS) is 11.9. The summed E-state index contributed by atoms with van der Waals surface area (Å²) in [6.07, 6.45) is 9.34. The molecule has 0 atom stereocenters. The van der Waals surface area contributed by atoms with Crippen LogP contribution in [0.4, 0.5) is 0 Å². The van der Waals surface area contributed by atoms with E-state index in [2.05, 4.69) is 209 Å². The summed E-state index contributed by atoms with van der Waals surface area (Å²) in [7, 11) is 1.78. The maximum Gasteiger partial charge on any atom is 0.228 e. The van der Waals surface area contributed by atoms with Gasteiger partial charge in [0.15, 0.2) is 5.58 Å². The monoisotopic (exact) mass is 834 g/mol. The Kier molecular flexibility index (Phi) is 10.2. The van der Waals surface area contributed by atoms with E-state index in [1.807, 2.05) is 24.6 Å². The molecule has 0 bridgehead atoms. The Balaban J connectivity index is 1.20. The quantitative estimate of drug-likeness (QED) is 0.102. The fourth-order valence-corrected chi connectivity index (χ4v) is 9.13. The Morgan fingerprint density at radius 1 is 0.538 bits per heavy atom. The van der Waals surface area contributed by atoms with Crippen LogP contribution in [0.25, 0.3) is 111 Å². The molecule has 0 aliphatic heterocycles. The van der Waals surface area contributed by atoms with Gasteiger partial charge < -0.3 is 8.98 Å². The molecular weight excluding hydrogens is 793 g/mol. The Morgan fingerprint density at radius 3 is 1.86 bits per heavy atom. The number of pyridine rings is 1. The van der Waals surface area contributed by atoms with Crippen LogP contribution in [0.2, 0.25) is 0 Å². The van der Waals surface area contributed by atoms with Crippen LogP contribution in [0.1, 0.15) is 5.56 Å². The average molecular weight is 835 g/mol. The van der Waals surface area contributed by atoms with Crippen LogP contribution in [0.5, 0.6) is 0 Å². The number of rotatable bonds is 10. The number of fused-ring (bicyclic) bond motifs is 4. The molecule has 0 amide bonds. The molecule has 0 unspecified atom stereocenters. The minimum Gasteiger partial charge on any atom is -0.436 e. The fourth-order valence-electron chi connectivity index (χ4n) is 9.13. The fraction of sp³-hybridized carbons (Fsp3) is 0.0167. The van der Waals surface area contributed by atoms with Crippen molar-refractivity contribution in [3.05, 3.63) is 231 Å². The first-order valence-electron chi connectivity index (χ1n) is 21.7. The van der Waals surface area contributed by atoms with Crippen molar-refractivity contribution in [3.8, 4) is 72.8 Å². The summed E-state index contributed by atoms with van der Waals surface area (Å²) in [4.78, 5) is 14.2. The van der Waals surface area contributed by atoms with Gasteiger partial charge in [0.25, 0.3) is 0 Å². The van der Waals surface area contributed by atoms with Crippen LogP contribution in [-0.2, 0) is 0 Å². The Labute approximate surface area is 377 Å². The second-order valence-corrected chi connectivity index (χ2v) is 16.1. The molecule has 308 valence electrons. The third-order valence-electron chi connectivity index (χ3n) is 12.1. The zero-order valence-electron chi connectivity index (χ0n) is 35.8. The second-order valence-electron chi connectivity index (χ2n) is 16.1. The zero-order chi connectivity index (χ0) is 43.7. The molecule has 5 nitrogen and oxygen atoms in total. The van der Waals surface area contributed by atoms with Gasteiger partial charge in [0.05, 0.1) is 16.7 Å². The van der Waals surface area contributed by atoms with Crippen molar-refractivity contribution in [2.45, 2.75) is 0 Å². The maximum atomic E-state index is 7.13. The van der Waals surface area contributed by atoms with Crippen LogP contribution in [0.3, 0.4) is 0 Å². The lowest BCUT2D eigenvalue weighted by atomic mass is 9.92. The number of para-hydroxylation sites is 2. The van der Waals surface area contributed by atoms with E-state index in [1.54, 1.807) is 19.3 Å². The molecule has 0 N–H and O–H groups in total. The van der Waals surface area contributed by atoms with Crippen molar-refractivity contribution in [1.82, 2.24) is 14.5 Å². The maximum absolute atomic E-state index is 7.13. The van der Waals surface area contributed by atoms with Crippen molar-refractivity contribution in [2.24, 2.45) is 4.99 Å². The number of allylic oxidation sites excluding steroid dienone is 3. The molecule has 11 aromatic rings. The minimum absolute atomic E-state index is 0.534. The molecule has 0 aliphatic rings. The van der Waals surface area contributed by atoms with E-state index in [9.17, 15) is 0 Å². The lowest BCUT2D eigenvalue weighted by Crippen LogP contribution is -2.00. The van der Waals surface area contributed by atoms with E-state index in [1.165, 1.54) is 10.8 Å². The number of hydrogen-bond acceptors (Lipinski definition) is 4. The molecule has 0 fully saturated rings. The zero-order valence-corrected chi connectivity index (χ0v) is 35.8. The summed E-state index contributed by atoms with van der Waals surface area (Å²) < 4.78 is 9.52. The smallest absolute Gasteiger partial charge is 0.228 e. The predicted molar refractivity (Wildman–Crippen MR) is 271 cm³/mol. The highest BCUT2D eigenvalue weighted by Gasteiger charge is 2.24. The van der Waals surface area contributed by atoms with Gasteiger partial charge in [-0.3, -0.25) is 9.98 Å². The Hall–Kier alpha value is -8.67. The van der Waals surface area contributed by atoms with Gasteiger partial charge in [-0.25, -0.2) is 4.98 Å². The van der Waals surface area contributed by atoms with Crippen molar-refractivity contribution >= 4 is 44.7 Å². The van der Waals surface area contributed by atoms with Gasteiger partial charge in [-0.05, 0) is 105 Å². The van der Waals surface area contributed by atoms with Crippen molar-refractivity contribution in [2.75, 3.05) is 7.05 Å². The molecule has 3 aromatic heterocycles. The first-order valence-corrected chi connectivity index (χ1v) is 21.7. The van der Waals surface area contributed by atoms with E-state index in [4.69, 9.17) is 9.40 Å². The van der Waals surface area contributed by atoms with E-state index >= 15 is 0 Å². The van der Waals surface area contributed by atoms with E-state index < -0.39 is 0 Å². The summed E-state index contributed by atoms with van der Waals surface area (Å²) in [5.41, 5.74) is 18.1. The molecule has 8 aromatic carbocycles. The molecule has 11 rings (SSSR count). The van der Waals surface area contributed by atoms with E-state index in [-0.39, 0.29) is 0 Å². The first-order chi connectivity index (χ1) is 32.1. The van der Waals surface area contributed by atoms with Crippen molar-refractivity contribution < 1.29 is 4.42 Å². The molecule has 5 heteroatoms. The minimum atomic E-state index is 0.534. The number of nitrogens with zero attached hydrogens (tertiary/aromatic N) is 4. The van der Waals surface area contributed by atoms with Crippen LogP contribution in [0, 0.1) is 0 Å². The van der Waals surface area contributed by atoms with Crippen LogP contribution < -0.4 is 0 Å². The molecule has 0 saturated carbocycles. The number of benzene rings is 8. The lowest BCUT2D eigenvalue weighted by molar-refractivity contribution is 0.620. The molecule has 3 heterocycles. The highest BCUT2D eigenvalue weighted by atomic mass is 16.3. The Morgan fingerprint density at radius 2 is 1.17 bits per heavy atom. The summed E-state index contributed by atoms with van der Waals surface area (Å²) in [5, 5.41) is 2.39. The highest BCUT2D eigenvalue weighted by Crippen LogP contribution is 2.45. The van der Waals surface area contributed by atoms with Gasteiger partial charge in [0.2, 0.25) is 5.89 Å². The molecule has 0 aliphatic carbocycles. The summed E-state index contributed by atoms with van der Waals surface area (Å²) in [5.74, 6) is 0.534. The molecule has 0 radical (unpaired) electrons. The third kappa shape index (κ3) is 7.25. The van der Waals surface area contributed by atoms with Gasteiger partial charge in [-0.15, -0.1) is 0 Å². The number of aromatic nitrogens is 3. The van der Waals surface area contributed by atoms with Crippen molar-refractivity contribution in [1.29, 1.82) is 0 Å². The molecule has 65 heavy (non-hydrogen) atoms. The van der Waals surface area contributed by atoms with Crippen LogP contribution in [-0.4, -0.2) is 27.8 Å². The second kappa shape index (κ2) is 16.9. The summed E-state index contributed by atoms with van der Waals surface area (Å²) in [6.45, 7) is 3.95. The van der Waals surface area contributed by atoms with Gasteiger partial charge >= 0.3 is 0 Å². The lowest BCUT2D eigenvalue weighted by Gasteiger charge is -2.18. The van der Waals surface area contributed by atoms with Crippen LogP contribution in [0.15, 0.2) is 235 Å². The Bertz CT molecular complexity index is 3560. The highest BCUT2D eigenvalue weighted by molar-refractivity contribution is 6.11. The van der Waals surface area contributed by atoms with E-state index in [0.29, 0.717) is 11.5 Å². The summed E-state index contributed by atoms with van der Waals surface area (Å²) >= 11 is 0. The van der Waals surface area contributed by atoms with Crippen LogP contribution >= 0.6 is 0 Å². The van der Waals surface area contributed by atoms with Gasteiger partial charge in [0, 0.05) is 58.7 Å². The topological polar surface area (TPSA) is 56.2 Å². The molecule has 0 spiro atoms. The SMILES string of the molecule is C=C/C=C(\C=NC)c1cccc(-c2cc(-c3cccc(-c4cccnc4)c3)c3nc(-c4cc(-n5c6ccccc6c6ccccc65)c(-c5ccccc5)cc4-c4ccccc4)oc3c2)c1.